The van der Waals surface area contributed by atoms with Gasteiger partial charge in [-0.1, -0.05) is 0 Å². The molecule has 0 N–H and O–H groups in total. The summed E-state index contributed by atoms with van der Waals surface area (Å²) < 4.78 is 3.34. The standard InChI is InChI=1S/C5H5.C4H9.3FH.Zr/c1-2-4-5-3-1;1-3-4-2;;;;/h1-3H,4H2;1,3-4H2,2H3;3*1H;/q;;;;;+3/p-3. The quantitative estimate of drug-likeness (QED) is 0.447. The van der Waals surface area contributed by atoms with Crippen LogP contribution in [0.1, 0.15) is 26.2 Å². The normalized spacial score (nSPS) is 11.6. The van der Waals surface area contributed by atoms with Gasteiger partial charge >= 0.3 is 75.1 Å². The summed E-state index contributed by atoms with van der Waals surface area (Å²) in [5, 5.41) is 0. The zero-order valence-electron chi connectivity index (χ0n) is 7.69. The first-order chi connectivity index (χ1) is 4.93. The maximum absolute atomic E-state index is 2.34. The van der Waals surface area contributed by atoms with Crippen molar-refractivity contribution in [2.45, 2.75) is 30.3 Å². The van der Waals surface area contributed by atoms with E-state index < -0.39 is 0 Å². The van der Waals surface area contributed by atoms with Gasteiger partial charge in [-0.2, -0.15) is 0 Å². The van der Waals surface area contributed by atoms with Crippen LogP contribution in [0.3, 0.4) is 0 Å². The number of hydrogen-bond acceptors (Lipinski definition) is 0. The van der Waals surface area contributed by atoms with Crippen LogP contribution < -0.4 is 14.1 Å². The summed E-state index contributed by atoms with van der Waals surface area (Å²) in [6.45, 7) is 2.28. The zero-order valence-corrected chi connectivity index (χ0v) is 10.2. The Hall–Kier alpha value is 0.153. The molecule has 0 nitrogen and oxygen atoms in total. The number of rotatable bonds is 4. The molecule has 1 aliphatic carbocycles. The van der Waals surface area contributed by atoms with Gasteiger partial charge in [0.05, 0.1) is 0 Å². The van der Waals surface area contributed by atoms with Gasteiger partial charge in [-0.15, -0.1) is 0 Å². The van der Waals surface area contributed by atoms with E-state index in [9.17, 15) is 0 Å². The second kappa shape index (κ2) is 12.2. The van der Waals surface area contributed by atoms with Crippen molar-refractivity contribution in [1.82, 2.24) is 0 Å². The van der Waals surface area contributed by atoms with E-state index in [2.05, 4.69) is 25.2 Å². The molecule has 0 aliphatic heterocycles. The van der Waals surface area contributed by atoms with E-state index in [1.807, 2.05) is 0 Å². The Balaban J connectivity index is -0.000000333. The van der Waals surface area contributed by atoms with Crippen LogP contribution in [0.2, 0.25) is 4.13 Å². The molecule has 0 bridgehead atoms. The molecular formula is C9H14F3Zr. The maximum atomic E-state index is 2.34. The first-order valence-electron chi connectivity index (χ1n) is 4.03. The predicted molar refractivity (Wildman–Crippen MR) is 41.6 cm³/mol. The molecule has 0 heterocycles. The molecule has 0 atom stereocenters. The molecule has 0 spiro atoms. The van der Waals surface area contributed by atoms with Crippen LogP contribution in [0.5, 0.6) is 0 Å². The van der Waals surface area contributed by atoms with Crippen molar-refractivity contribution in [2.24, 2.45) is 0 Å². The number of allylic oxidation sites excluding steroid dienone is 4. The van der Waals surface area contributed by atoms with Crippen LogP contribution in [-0.4, -0.2) is 0 Å². The molecule has 4 heteroatoms. The van der Waals surface area contributed by atoms with Crippen molar-refractivity contribution in [3.05, 3.63) is 21.5 Å². The van der Waals surface area contributed by atoms with E-state index in [1.54, 1.807) is 7.41 Å². The van der Waals surface area contributed by atoms with Gasteiger partial charge in [-0.05, 0) is 0 Å². The van der Waals surface area contributed by atoms with Gasteiger partial charge in [0.25, 0.3) is 0 Å². The van der Waals surface area contributed by atoms with Gasteiger partial charge in [-0.25, -0.2) is 0 Å². The molecule has 0 unspecified atom stereocenters. The van der Waals surface area contributed by atoms with Gasteiger partial charge in [-0.3, -0.25) is 0 Å². The third-order valence-electron chi connectivity index (χ3n) is 1.65. The second-order valence-corrected chi connectivity index (χ2v) is 6.28. The minimum atomic E-state index is -0.0811. The summed E-state index contributed by atoms with van der Waals surface area (Å²) in [6.07, 6.45) is 11.0. The Morgan fingerprint density at radius 2 is 2.00 bits per heavy atom. The average Bonchev–Trinajstić information content (AvgIpc) is 2.41. The number of hydrogen-bond donors (Lipinski definition) is 0. The van der Waals surface area contributed by atoms with Gasteiger partial charge in [0.1, 0.15) is 0 Å². The fourth-order valence-corrected chi connectivity index (χ4v) is 4.27. The van der Waals surface area contributed by atoms with Crippen LogP contribution in [0.15, 0.2) is 21.5 Å². The summed E-state index contributed by atoms with van der Waals surface area (Å²) in [7, 11) is 0. The molecule has 0 saturated carbocycles. The van der Waals surface area contributed by atoms with E-state index in [4.69, 9.17) is 0 Å². The van der Waals surface area contributed by atoms with Crippen molar-refractivity contribution >= 4 is 0 Å². The Kier molecular flexibility index (Phi) is 17.6. The molecule has 1 rings (SSSR count). The van der Waals surface area contributed by atoms with Crippen LogP contribution in [0.25, 0.3) is 0 Å². The summed E-state index contributed by atoms with van der Waals surface area (Å²) in [5.74, 6) is 0. The SMILES string of the molecule is CCC[CH2][Zr+3][C]1=CC=CC1.[F-].[F-].[F-]. The van der Waals surface area contributed by atoms with E-state index in [-0.39, 0.29) is 37.3 Å². The van der Waals surface area contributed by atoms with Gasteiger partial charge < -0.3 is 14.1 Å². The van der Waals surface area contributed by atoms with Crippen LogP contribution >= 0.6 is 0 Å². The molecule has 0 radical (unpaired) electrons. The van der Waals surface area contributed by atoms with E-state index in [0.717, 1.165) is 0 Å². The van der Waals surface area contributed by atoms with Gasteiger partial charge in [0, 0.05) is 0 Å². The molecule has 1 aliphatic rings. The average molecular weight is 270 g/mol. The molecule has 0 aromatic rings. The number of unbranched alkanes of at least 4 members (excludes halogenated alkanes) is 1. The molecule has 0 amide bonds. The molecular weight excluding hydrogens is 256 g/mol. The molecule has 13 heavy (non-hydrogen) atoms. The fourth-order valence-electron chi connectivity index (χ4n) is 1.00. The molecule has 0 aromatic carbocycles. The summed E-state index contributed by atoms with van der Waals surface area (Å²) in [6, 6.07) is 0. The second-order valence-electron chi connectivity index (χ2n) is 2.60. The van der Waals surface area contributed by atoms with E-state index in [0.29, 0.717) is 0 Å². The fraction of sp³-hybridized carbons (Fsp3) is 0.556. The monoisotopic (exact) mass is 269 g/mol. The Morgan fingerprint density at radius 1 is 1.31 bits per heavy atom. The topological polar surface area (TPSA) is 0 Å². The zero-order chi connectivity index (χ0) is 7.23. The van der Waals surface area contributed by atoms with Crippen molar-refractivity contribution in [3.8, 4) is 0 Å². The van der Waals surface area contributed by atoms with E-state index in [1.165, 1.54) is 19.3 Å². The Bertz CT molecular complexity index is 155. The Morgan fingerprint density at radius 3 is 2.46 bits per heavy atom. The first-order valence-corrected chi connectivity index (χ1v) is 6.99. The van der Waals surface area contributed by atoms with Gasteiger partial charge in [0.2, 0.25) is 0 Å². The van der Waals surface area contributed by atoms with Crippen molar-refractivity contribution in [1.29, 1.82) is 0 Å². The van der Waals surface area contributed by atoms with Crippen LogP contribution in [0, 0.1) is 0 Å². The van der Waals surface area contributed by atoms with Crippen molar-refractivity contribution < 1.29 is 37.3 Å². The first kappa shape index (κ1) is 18.8. The molecule has 0 saturated heterocycles. The summed E-state index contributed by atoms with van der Waals surface area (Å²) in [5.41, 5.74) is 0. The molecule has 75 valence electrons. The van der Waals surface area contributed by atoms with Gasteiger partial charge in [0.15, 0.2) is 0 Å². The van der Waals surface area contributed by atoms with E-state index >= 15 is 0 Å². The Labute approximate surface area is 89.2 Å². The third kappa shape index (κ3) is 8.48. The smallest absolute Gasteiger partial charge is 1.00 e. The molecule has 0 fully saturated rings. The minimum absolute atomic E-state index is 0. The maximum Gasteiger partial charge on any atom is -1.00 e. The van der Waals surface area contributed by atoms with Crippen LogP contribution in [0.4, 0.5) is 0 Å². The minimum Gasteiger partial charge on any atom is -1.00 e. The molecule has 0 aromatic heterocycles. The summed E-state index contributed by atoms with van der Waals surface area (Å²) in [4.78, 5) is 0. The third-order valence-corrected chi connectivity index (χ3v) is 5.16. The van der Waals surface area contributed by atoms with Crippen LogP contribution in [-0.2, 0) is 23.2 Å². The van der Waals surface area contributed by atoms with Crippen molar-refractivity contribution in [2.75, 3.05) is 0 Å². The predicted octanol–water partition coefficient (Wildman–Crippen LogP) is -5.86. The summed E-state index contributed by atoms with van der Waals surface area (Å²) >= 11 is -0.0811. The largest absolute Gasteiger partial charge is 1.00 e. The number of halogens is 3. The van der Waals surface area contributed by atoms with Crippen molar-refractivity contribution in [3.63, 3.8) is 0 Å².